The first-order valence-electron chi connectivity index (χ1n) is 11.0. The van der Waals surface area contributed by atoms with E-state index in [1.165, 1.54) is 4.31 Å². The summed E-state index contributed by atoms with van der Waals surface area (Å²) >= 11 is 0. The smallest absolute Gasteiger partial charge is 0.367 e. The molecule has 1 atom stereocenters. The lowest BCUT2D eigenvalue weighted by atomic mass is 10.1. The summed E-state index contributed by atoms with van der Waals surface area (Å²) in [5.41, 5.74) is 3.61. The minimum Gasteiger partial charge on any atom is -0.367 e. The normalized spacial score (nSPS) is 17.2. The molecule has 0 saturated carbocycles. The van der Waals surface area contributed by atoms with Crippen LogP contribution >= 0.6 is 0 Å². The molecule has 34 heavy (non-hydrogen) atoms. The third-order valence-corrected chi connectivity index (χ3v) is 7.92. The Bertz CT molecular complexity index is 1110. The molecule has 2 aromatic rings. The van der Waals surface area contributed by atoms with Crippen LogP contribution in [0.2, 0.25) is 0 Å². The van der Waals surface area contributed by atoms with Crippen LogP contribution < -0.4 is 5.32 Å². The zero-order valence-electron chi connectivity index (χ0n) is 19.4. The van der Waals surface area contributed by atoms with Crippen LogP contribution in [-0.2, 0) is 32.7 Å². The standard InChI is InChI=1S/C24H29F3N2O4S/c1-16-11-17(2)22(18(3)12-16)34(31,32)29-10-4-5-21(29)23(30)28-13-19-6-8-20(9-7-19)14-33-15-24(25,26)27/h6-9,11-12,21H,4-5,10,13-15H2,1-3H3,(H,28,30). The van der Waals surface area contributed by atoms with Gasteiger partial charge < -0.3 is 10.1 Å². The van der Waals surface area contributed by atoms with Crippen molar-refractivity contribution in [1.82, 2.24) is 9.62 Å². The second-order valence-corrected chi connectivity index (χ2v) is 10.5. The zero-order valence-corrected chi connectivity index (χ0v) is 20.2. The second kappa shape index (κ2) is 10.5. The largest absolute Gasteiger partial charge is 0.411 e. The van der Waals surface area contributed by atoms with Gasteiger partial charge in [-0.1, -0.05) is 42.0 Å². The minimum absolute atomic E-state index is 0.168. The summed E-state index contributed by atoms with van der Waals surface area (Å²) in [5, 5.41) is 2.79. The number of hydrogen-bond acceptors (Lipinski definition) is 4. The molecule has 1 heterocycles. The number of nitrogens with zero attached hydrogens (tertiary/aromatic N) is 1. The van der Waals surface area contributed by atoms with E-state index in [1.54, 1.807) is 38.1 Å². The van der Waals surface area contributed by atoms with Gasteiger partial charge in [-0.2, -0.15) is 17.5 Å². The fraction of sp³-hybridized carbons (Fsp3) is 0.458. The topological polar surface area (TPSA) is 75.7 Å². The van der Waals surface area contributed by atoms with Gasteiger partial charge >= 0.3 is 6.18 Å². The average Bonchev–Trinajstić information content (AvgIpc) is 3.22. The van der Waals surface area contributed by atoms with Crippen molar-refractivity contribution in [2.24, 2.45) is 0 Å². The SMILES string of the molecule is Cc1cc(C)c(S(=O)(=O)N2CCCC2C(=O)NCc2ccc(COCC(F)(F)F)cc2)c(C)c1. The third kappa shape index (κ3) is 6.37. The van der Waals surface area contributed by atoms with Crippen molar-refractivity contribution in [2.45, 2.75) is 63.9 Å². The molecule has 6 nitrogen and oxygen atoms in total. The van der Waals surface area contributed by atoms with Crippen molar-refractivity contribution in [2.75, 3.05) is 13.2 Å². The first-order chi connectivity index (χ1) is 15.9. The number of benzene rings is 2. The number of ether oxygens (including phenoxy) is 1. The minimum atomic E-state index is -4.37. The van der Waals surface area contributed by atoms with Crippen LogP contribution in [0.1, 0.15) is 40.7 Å². The van der Waals surface area contributed by atoms with Crippen molar-refractivity contribution in [3.63, 3.8) is 0 Å². The molecule has 0 aromatic heterocycles. The van der Waals surface area contributed by atoms with Gasteiger partial charge in [0.1, 0.15) is 12.6 Å². The molecule has 186 valence electrons. The number of alkyl halides is 3. The molecule has 2 aromatic carbocycles. The fourth-order valence-electron chi connectivity index (χ4n) is 4.33. The molecular formula is C24H29F3N2O4S. The maximum Gasteiger partial charge on any atom is 0.411 e. The number of carbonyl (C=O) groups excluding carboxylic acids is 1. The fourth-order valence-corrected chi connectivity index (χ4v) is 6.40. The lowest BCUT2D eigenvalue weighted by Crippen LogP contribution is -2.45. The van der Waals surface area contributed by atoms with E-state index in [9.17, 15) is 26.4 Å². The van der Waals surface area contributed by atoms with E-state index in [4.69, 9.17) is 0 Å². The van der Waals surface area contributed by atoms with Crippen LogP contribution in [-0.4, -0.2) is 44.0 Å². The van der Waals surface area contributed by atoms with E-state index in [2.05, 4.69) is 10.1 Å². The second-order valence-electron chi connectivity index (χ2n) is 8.64. The van der Waals surface area contributed by atoms with E-state index in [0.717, 1.165) is 11.1 Å². The van der Waals surface area contributed by atoms with E-state index in [-0.39, 0.29) is 30.5 Å². The molecular weight excluding hydrogens is 469 g/mol. The molecule has 1 N–H and O–H groups in total. The molecule has 0 spiro atoms. The number of nitrogens with one attached hydrogen (secondary N) is 1. The van der Waals surface area contributed by atoms with Crippen LogP contribution in [0.4, 0.5) is 13.2 Å². The molecule has 1 aliphatic rings. The van der Waals surface area contributed by atoms with Crippen molar-refractivity contribution >= 4 is 15.9 Å². The monoisotopic (exact) mass is 498 g/mol. The van der Waals surface area contributed by atoms with E-state index in [1.807, 2.05) is 19.1 Å². The average molecular weight is 499 g/mol. The van der Waals surface area contributed by atoms with Crippen LogP contribution in [0.25, 0.3) is 0 Å². The number of carbonyl (C=O) groups is 1. The number of aryl methyl sites for hydroxylation is 3. The van der Waals surface area contributed by atoms with Gasteiger partial charge in [-0.3, -0.25) is 4.79 Å². The summed E-state index contributed by atoms with van der Waals surface area (Å²) < 4.78 is 69.3. The molecule has 0 radical (unpaired) electrons. The van der Waals surface area contributed by atoms with Crippen LogP contribution in [0.3, 0.4) is 0 Å². The number of halogens is 3. The Hall–Kier alpha value is -2.43. The number of amides is 1. The summed E-state index contributed by atoms with van der Waals surface area (Å²) in [4.78, 5) is 13.1. The summed E-state index contributed by atoms with van der Waals surface area (Å²) in [6.07, 6.45) is -3.35. The maximum atomic E-state index is 13.4. The Kier molecular flexibility index (Phi) is 8.05. The molecule has 10 heteroatoms. The maximum absolute atomic E-state index is 13.4. The zero-order chi connectivity index (χ0) is 25.1. The summed E-state index contributed by atoms with van der Waals surface area (Å²) in [6.45, 7) is 4.40. The first-order valence-corrected chi connectivity index (χ1v) is 12.4. The van der Waals surface area contributed by atoms with Crippen LogP contribution in [0.15, 0.2) is 41.3 Å². The van der Waals surface area contributed by atoms with Crippen molar-refractivity contribution < 1.29 is 31.1 Å². The Morgan fingerprint density at radius 2 is 1.68 bits per heavy atom. The highest BCUT2D eigenvalue weighted by Crippen LogP contribution is 2.30. The summed E-state index contributed by atoms with van der Waals surface area (Å²) in [5.74, 6) is -0.374. The van der Waals surface area contributed by atoms with Gasteiger partial charge in [0, 0.05) is 13.1 Å². The highest BCUT2D eigenvalue weighted by Gasteiger charge is 2.40. The van der Waals surface area contributed by atoms with E-state index >= 15 is 0 Å². The van der Waals surface area contributed by atoms with Crippen molar-refractivity contribution in [3.05, 3.63) is 64.2 Å². The van der Waals surface area contributed by atoms with Gasteiger partial charge in [0.25, 0.3) is 0 Å². The molecule has 0 bridgehead atoms. The van der Waals surface area contributed by atoms with Gasteiger partial charge in [-0.25, -0.2) is 8.42 Å². The van der Waals surface area contributed by atoms with Crippen LogP contribution in [0.5, 0.6) is 0 Å². The molecule has 0 aliphatic carbocycles. The van der Waals surface area contributed by atoms with Crippen molar-refractivity contribution in [3.8, 4) is 0 Å². The Morgan fingerprint density at radius 3 is 2.26 bits per heavy atom. The molecule has 1 amide bonds. The molecule has 3 rings (SSSR count). The number of sulfonamides is 1. The molecule has 1 unspecified atom stereocenters. The third-order valence-electron chi connectivity index (χ3n) is 5.70. The summed E-state index contributed by atoms with van der Waals surface area (Å²) in [6, 6.07) is 9.50. The summed E-state index contributed by atoms with van der Waals surface area (Å²) in [7, 11) is -3.84. The van der Waals surface area contributed by atoms with Gasteiger partial charge in [-0.15, -0.1) is 0 Å². The van der Waals surface area contributed by atoms with Gasteiger partial charge in [0.2, 0.25) is 15.9 Å². The quantitative estimate of drug-likeness (QED) is 0.593. The lowest BCUT2D eigenvalue weighted by molar-refractivity contribution is -0.176. The Labute approximate surface area is 198 Å². The van der Waals surface area contributed by atoms with Gasteiger partial charge in [-0.05, 0) is 55.9 Å². The van der Waals surface area contributed by atoms with Gasteiger partial charge in [0.05, 0.1) is 11.5 Å². The van der Waals surface area contributed by atoms with Gasteiger partial charge in [0.15, 0.2) is 0 Å². The predicted octanol–water partition coefficient (Wildman–Crippen LogP) is 4.16. The Morgan fingerprint density at radius 1 is 1.09 bits per heavy atom. The predicted molar refractivity (Wildman–Crippen MR) is 122 cm³/mol. The molecule has 1 aliphatic heterocycles. The van der Waals surface area contributed by atoms with Crippen LogP contribution in [0, 0.1) is 20.8 Å². The lowest BCUT2D eigenvalue weighted by Gasteiger charge is -2.25. The highest BCUT2D eigenvalue weighted by atomic mass is 32.2. The highest BCUT2D eigenvalue weighted by molar-refractivity contribution is 7.89. The van der Waals surface area contributed by atoms with E-state index < -0.39 is 28.8 Å². The number of rotatable bonds is 8. The molecule has 1 saturated heterocycles. The molecule has 1 fully saturated rings. The van der Waals surface area contributed by atoms with Crippen molar-refractivity contribution in [1.29, 1.82) is 0 Å². The number of hydrogen-bond donors (Lipinski definition) is 1. The first kappa shape index (κ1) is 26.2. The Balaban J connectivity index is 1.63. The van der Waals surface area contributed by atoms with E-state index in [0.29, 0.717) is 29.5 Å².